The second-order valence-corrected chi connectivity index (χ2v) is 5.95. The third-order valence-corrected chi connectivity index (χ3v) is 4.52. The first kappa shape index (κ1) is 15.1. The highest BCUT2D eigenvalue weighted by Gasteiger charge is 2.40. The van der Waals surface area contributed by atoms with Gasteiger partial charge in [0.25, 0.3) is 0 Å². The van der Waals surface area contributed by atoms with Gasteiger partial charge in [0.1, 0.15) is 0 Å². The first-order valence-corrected chi connectivity index (χ1v) is 7.58. The molecule has 1 aliphatic heterocycles. The molecule has 1 saturated carbocycles. The molecule has 0 bridgehead atoms. The Morgan fingerprint density at radius 1 is 0.947 bits per heavy atom. The Labute approximate surface area is 113 Å². The van der Waals surface area contributed by atoms with Crippen LogP contribution in [-0.2, 0) is 0 Å². The van der Waals surface area contributed by atoms with Gasteiger partial charge in [0.05, 0.1) is 5.92 Å². The van der Waals surface area contributed by atoms with E-state index in [9.17, 15) is 13.2 Å². The van der Waals surface area contributed by atoms with Gasteiger partial charge in [-0.2, -0.15) is 13.2 Å². The van der Waals surface area contributed by atoms with E-state index in [1.165, 1.54) is 32.1 Å². The van der Waals surface area contributed by atoms with Crippen LogP contribution >= 0.6 is 0 Å². The van der Waals surface area contributed by atoms with E-state index in [2.05, 4.69) is 10.2 Å². The van der Waals surface area contributed by atoms with Crippen molar-refractivity contribution in [2.24, 2.45) is 5.92 Å². The van der Waals surface area contributed by atoms with Gasteiger partial charge in [-0.1, -0.05) is 19.3 Å². The quantitative estimate of drug-likeness (QED) is 0.849. The fourth-order valence-corrected chi connectivity index (χ4v) is 3.22. The number of rotatable bonds is 4. The summed E-state index contributed by atoms with van der Waals surface area (Å²) in [5, 5.41) is 3.55. The van der Waals surface area contributed by atoms with Crippen molar-refractivity contribution in [3.63, 3.8) is 0 Å². The van der Waals surface area contributed by atoms with Crippen LogP contribution in [0.1, 0.15) is 44.9 Å². The lowest BCUT2D eigenvalue weighted by Gasteiger charge is -2.33. The first-order valence-electron chi connectivity index (χ1n) is 7.58. The van der Waals surface area contributed by atoms with E-state index in [1.807, 2.05) is 0 Å². The fourth-order valence-electron chi connectivity index (χ4n) is 3.22. The minimum absolute atomic E-state index is 0.271. The standard InChI is InChI=1S/C14H25F3N2/c15-14(16,17)12-6-9-19(10-7-12)11-8-18-13-4-2-1-3-5-13/h12-13,18H,1-11H2. The van der Waals surface area contributed by atoms with Crippen molar-refractivity contribution in [2.75, 3.05) is 26.2 Å². The molecule has 0 amide bonds. The van der Waals surface area contributed by atoms with Gasteiger partial charge >= 0.3 is 6.18 Å². The molecule has 0 aromatic rings. The van der Waals surface area contributed by atoms with Crippen LogP contribution in [0, 0.1) is 5.92 Å². The van der Waals surface area contributed by atoms with Crippen LogP contribution in [0.5, 0.6) is 0 Å². The van der Waals surface area contributed by atoms with Crippen molar-refractivity contribution in [1.29, 1.82) is 0 Å². The molecular weight excluding hydrogens is 253 g/mol. The fraction of sp³-hybridized carbons (Fsp3) is 1.00. The molecule has 2 rings (SSSR count). The molecule has 19 heavy (non-hydrogen) atoms. The topological polar surface area (TPSA) is 15.3 Å². The van der Waals surface area contributed by atoms with Crippen molar-refractivity contribution < 1.29 is 13.2 Å². The monoisotopic (exact) mass is 278 g/mol. The van der Waals surface area contributed by atoms with E-state index in [0.717, 1.165) is 13.1 Å². The van der Waals surface area contributed by atoms with Crippen LogP contribution < -0.4 is 5.32 Å². The van der Waals surface area contributed by atoms with Crippen molar-refractivity contribution in [3.8, 4) is 0 Å². The molecular formula is C14H25F3N2. The second kappa shape index (κ2) is 6.93. The predicted molar refractivity (Wildman–Crippen MR) is 70.1 cm³/mol. The zero-order valence-electron chi connectivity index (χ0n) is 11.5. The van der Waals surface area contributed by atoms with Gasteiger partial charge < -0.3 is 10.2 Å². The highest BCUT2D eigenvalue weighted by Crippen LogP contribution is 2.33. The molecule has 5 heteroatoms. The van der Waals surface area contributed by atoms with Crippen molar-refractivity contribution >= 4 is 0 Å². The Balaban J connectivity index is 1.58. The normalized spacial score (nSPS) is 24.8. The van der Waals surface area contributed by atoms with E-state index >= 15 is 0 Å². The smallest absolute Gasteiger partial charge is 0.313 e. The Morgan fingerprint density at radius 3 is 2.16 bits per heavy atom. The minimum atomic E-state index is -3.99. The lowest BCUT2D eigenvalue weighted by molar-refractivity contribution is -0.184. The molecule has 0 aromatic heterocycles. The van der Waals surface area contributed by atoms with Crippen LogP contribution in [-0.4, -0.2) is 43.3 Å². The first-order chi connectivity index (χ1) is 9.05. The van der Waals surface area contributed by atoms with E-state index in [-0.39, 0.29) is 12.8 Å². The minimum Gasteiger partial charge on any atom is -0.313 e. The number of nitrogens with one attached hydrogen (secondary N) is 1. The van der Waals surface area contributed by atoms with Crippen molar-refractivity contribution in [1.82, 2.24) is 10.2 Å². The second-order valence-electron chi connectivity index (χ2n) is 5.95. The Hall–Kier alpha value is -0.290. The summed E-state index contributed by atoms with van der Waals surface area (Å²) in [6, 6.07) is 0.640. The molecule has 0 spiro atoms. The molecule has 112 valence electrons. The summed E-state index contributed by atoms with van der Waals surface area (Å²) in [4.78, 5) is 2.16. The number of piperidine rings is 1. The zero-order chi connectivity index (χ0) is 13.7. The van der Waals surface area contributed by atoms with Crippen LogP contribution in [0.15, 0.2) is 0 Å². The molecule has 0 atom stereocenters. The maximum absolute atomic E-state index is 12.5. The summed E-state index contributed by atoms with van der Waals surface area (Å²) >= 11 is 0. The van der Waals surface area contributed by atoms with Gasteiger partial charge in [-0.15, -0.1) is 0 Å². The highest BCUT2D eigenvalue weighted by atomic mass is 19.4. The maximum Gasteiger partial charge on any atom is 0.391 e. The van der Waals surface area contributed by atoms with Gasteiger partial charge in [0.2, 0.25) is 0 Å². The number of alkyl halides is 3. The largest absolute Gasteiger partial charge is 0.391 e. The van der Waals surface area contributed by atoms with Gasteiger partial charge in [0, 0.05) is 19.1 Å². The van der Waals surface area contributed by atoms with Gasteiger partial charge in [-0.3, -0.25) is 0 Å². The lowest BCUT2D eigenvalue weighted by atomic mass is 9.95. The summed E-state index contributed by atoms with van der Waals surface area (Å²) in [7, 11) is 0. The Morgan fingerprint density at radius 2 is 1.58 bits per heavy atom. The summed E-state index contributed by atoms with van der Waals surface area (Å²) in [6.07, 6.45) is 3.05. The maximum atomic E-state index is 12.5. The Bertz CT molecular complexity index is 254. The summed E-state index contributed by atoms with van der Waals surface area (Å²) in [5.41, 5.74) is 0. The Kier molecular flexibility index (Phi) is 5.51. The summed E-state index contributed by atoms with van der Waals surface area (Å²) < 4.78 is 37.6. The number of likely N-dealkylation sites (tertiary alicyclic amines) is 1. The van der Waals surface area contributed by atoms with E-state index in [4.69, 9.17) is 0 Å². The van der Waals surface area contributed by atoms with Crippen molar-refractivity contribution in [3.05, 3.63) is 0 Å². The summed E-state index contributed by atoms with van der Waals surface area (Å²) in [6.45, 7) is 3.00. The zero-order valence-corrected chi connectivity index (χ0v) is 11.5. The average molecular weight is 278 g/mol. The van der Waals surface area contributed by atoms with E-state index in [0.29, 0.717) is 19.1 Å². The average Bonchev–Trinajstić information content (AvgIpc) is 2.39. The molecule has 1 N–H and O–H groups in total. The highest BCUT2D eigenvalue weighted by molar-refractivity contribution is 4.78. The number of nitrogens with zero attached hydrogens (tertiary/aromatic N) is 1. The lowest BCUT2D eigenvalue weighted by Crippen LogP contribution is -2.43. The molecule has 1 saturated heterocycles. The molecule has 0 unspecified atom stereocenters. The van der Waals surface area contributed by atoms with Gasteiger partial charge in [-0.05, 0) is 38.8 Å². The third-order valence-electron chi connectivity index (χ3n) is 4.52. The molecule has 2 nitrogen and oxygen atoms in total. The van der Waals surface area contributed by atoms with Crippen LogP contribution in [0.25, 0.3) is 0 Å². The predicted octanol–water partition coefficient (Wildman–Crippen LogP) is 3.18. The van der Waals surface area contributed by atoms with Gasteiger partial charge in [0.15, 0.2) is 0 Å². The molecule has 0 radical (unpaired) electrons. The molecule has 0 aromatic carbocycles. The third kappa shape index (κ3) is 4.95. The molecule has 1 heterocycles. The van der Waals surface area contributed by atoms with E-state index in [1.54, 1.807) is 0 Å². The van der Waals surface area contributed by atoms with Gasteiger partial charge in [-0.25, -0.2) is 0 Å². The van der Waals surface area contributed by atoms with Crippen LogP contribution in [0.3, 0.4) is 0 Å². The molecule has 2 aliphatic rings. The molecule has 1 aliphatic carbocycles. The number of halogens is 3. The van der Waals surface area contributed by atoms with Crippen LogP contribution in [0.4, 0.5) is 13.2 Å². The van der Waals surface area contributed by atoms with Crippen LogP contribution in [0.2, 0.25) is 0 Å². The number of hydrogen-bond acceptors (Lipinski definition) is 2. The van der Waals surface area contributed by atoms with Crippen molar-refractivity contribution in [2.45, 2.75) is 57.2 Å². The number of hydrogen-bond donors (Lipinski definition) is 1. The van der Waals surface area contributed by atoms with E-state index < -0.39 is 12.1 Å². The molecule has 2 fully saturated rings. The SMILES string of the molecule is FC(F)(F)C1CCN(CCNC2CCCCC2)CC1. The summed E-state index contributed by atoms with van der Waals surface area (Å²) in [5.74, 6) is -1.07.